The van der Waals surface area contributed by atoms with E-state index in [-0.39, 0.29) is 29.6 Å². The van der Waals surface area contributed by atoms with Crippen molar-refractivity contribution in [3.05, 3.63) is 47.3 Å². The summed E-state index contributed by atoms with van der Waals surface area (Å²) in [4.78, 5) is 31.2. The van der Waals surface area contributed by atoms with Crippen LogP contribution in [-0.2, 0) is 9.59 Å². The summed E-state index contributed by atoms with van der Waals surface area (Å²) in [5.74, 6) is 0.703. The van der Waals surface area contributed by atoms with Gasteiger partial charge in [0.1, 0.15) is 0 Å². The Kier molecular flexibility index (Phi) is 4.58. The summed E-state index contributed by atoms with van der Waals surface area (Å²) in [6, 6.07) is 0.314. The van der Waals surface area contributed by atoms with E-state index in [0.717, 1.165) is 31.8 Å². The summed E-state index contributed by atoms with van der Waals surface area (Å²) >= 11 is 0. The molecule has 4 unspecified atom stereocenters. The van der Waals surface area contributed by atoms with E-state index in [1.807, 2.05) is 23.6 Å². The molecule has 5 nitrogen and oxygen atoms in total. The van der Waals surface area contributed by atoms with Crippen LogP contribution in [0.15, 0.2) is 47.3 Å². The van der Waals surface area contributed by atoms with E-state index in [4.69, 9.17) is 0 Å². The van der Waals surface area contributed by atoms with Gasteiger partial charge in [-0.05, 0) is 44.5 Å². The topological polar surface area (TPSA) is 43.9 Å². The molecule has 144 valence electrons. The van der Waals surface area contributed by atoms with Gasteiger partial charge < -0.3 is 4.90 Å². The molecule has 0 aromatic carbocycles. The van der Waals surface area contributed by atoms with Gasteiger partial charge in [-0.25, -0.2) is 0 Å². The Hall–Kier alpha value is -2.14. The molecule has 5 heteroatoms. The number of hydrogen-bond donors (Lipinski definition) is 0. The zero-order chi connectivity index (χ0) is 19.3. The average molecular weight is 367 g/mol. The van der Waals surface area contributed by atoms with Gasteiger partial charge in [0.05, 0.1) is 5.92 Å². The molecule has 1 saturated carbocycles. The number of nitrogens with zero attached hydrogens (tertiary/aromatic N) is 3. The lowest BCUT2D eigenvalue weighted by Gasteiger charge is -2.46. The van der Waals surface area contributed by atoms with E-state index in [1.54, 1.807) is 6.92 Å². The van der Waals surface area contributed by atoms with Crippen molar-refractivity contribution in [3.8, 4) is 0 Å². The fourth-order valence-electron chi connectivity index (χ4n) is 5.24. The summed E-state index contributed by atoms with van der Waals surface area (Å²) in [5.41, 5.74) is 3.78. The Morgan fingerprint density at radius 1 is 1.26 bits per heavy atom. The van der Waals surface area contributed by atoms with Gasteiger partial charge >= 0.3 is 0 Å². The molecular formula is C22H29N3O2. The van der Waals surface area contributed by atoms with Crippen molar-refractivity contribution in [2.24, 2.45) is 17.8 Å². The van der Waals surface area contributed by atoms with Gasteiger partial charge in [0.25, 0.3) is 0 Å². The van der Waals surface area contributed by atoms with Crippen LogP contribution in [-0.4, -0.2) is 59.2 Å². The maximum atomic E-state index is 13.0. The smallest absolute Gasteiger partial charge is 0.230 e. The number of amides is 2. The first-order valence-electron chi connectivity index (χ1n) is 10.1. The lowest BCUT2D eigenvalue weighted by Crippen LogP contribution is -2.50. The minimum absolute atomic E-state index is 0.0668. The molecule has 4 rings (SSSR count). The molecule has 0 bridgehead atoms. The Morgan fingerprint density at radius 2 is 2.00 bits per heavy atom. The third-order valence-corrected chi connectivity index (χ3v) is 6.58. The normalized spacial score (nSPS) is 31.6. The fourth-order valence-corrected chi connectivity index (χ4v) is 5.24. The van der Waals surface area contributed by atoms with Crippen molar-refractivity contribution in [3.63, 3.8) is 0 Å². The molecule has 2 heterocycles. The third kappa shape index (κ3) is 2.80. The van der Waals surface area contributed by atoms with Crippen molar-refractivity contribution >= 4 is 11.8 Å². The van der Waals surface area contributed by atoms with Crippen LogP contribution in [0.25, 0.3) is 0 Å². The van der Waals surface area contributed by atoms with Gasteiger partial charge in [-0.2, -0.15) is 0 Å². The Balaban J connectivity index is 1.70. The molecule has 2 amide bonds. The van der Waals surface area contributed by atoms with E-state index in [9.17, 15) is 9.59 Å². The highest BCUT2D eigenvalue weighted by Crippen LogP contribution is 2.51. The maximum absolute atomic E-state index is 13.0. The van der Waals surface area contributed by atoms with Gasteiger partial charge in [0, 0.05) is 56.3 Å². The number of carbonyl (C=O) groups is 2. The molecule has 0 saturated heterocycles. The van der Waals surface area contributed by atoms with E-state index in [0.29, 0.717) is 6.04 Å². The molecule has 2 aliphatic heterocycles. The van der Waals surface area contributed by atoms with E-state index in [2.05, 4.69) is 42.5 Å². The highest BCUT2D eigenvalue weighted by atomic mass is 16.2. The second-order valence-electron chi connectivity index (χ2n) is 8.02. The first-order valence-corrected chi connectivity index (χ1v) is 10.1. The van der Waals surface area contributed by atoms with Crippen LogP contribution in [0.1, 0.15) is 27.2 Å². The van der Waals surface area contributed by atoms with E-state index < -0.39 is 0 Å². The van der Waals surface area contributed by atoms with Gasteiger partial charge in [-0.15, -0.1) is 0 Å². The summed E-state index contributed by atoms with van der Waals surface area (Å²) < 4.78 is 0. The summed E-state index contributed by atoms with van der Waals surface area (Å²) in [6.07, 6.45) is 11.6. The van der Waals surface area contributed by atoms with Crippen molar-refractivity contribution in [2.75, 3.05) is 26.7 Å². The van der Waals surface area contributed by atoms with Crippen molar-refractivity contribution < 1.29 is 9.59 Å². The van der Waals surface area contributed by atoms with Crippen LogP contribution in [0.2, 0.25) is 0 Å². The average Bonchev–Trinajstić information content (AvgIpc) is 3.04. The molecule has 0 radical (unpaired) electrons. The van der Waals surface area contributed by atoms with Crippen LogP contribution in [0.5, 0.6) is 0 Å². The second-order valence-corrected chi connectivity index (χ2v) is 8.02. The molecule has 1 fully saturated rings. The molecule has 0 N–H and O–H groups in total. The lowest BCUT2D eigenvalue weighted by atomic mass is 9.66. The maximum Gasteiger partial charge on any atom is 0.230 e. The predicted molar refractivity (Wildman–Crippen MR) is 105 cm³/mol. The number of hydrogen-bond acceptors (Lipinski definition) is 3. The van der Waals surface area contributed by atoms with Crippen LogP contribution >= 0.6 is 0 Å². The first-order chi connectivity index (χ1) is 13.0. The fraction of sp³-hybridized carbons (Fsp3) is 0.545. The van der Waals surface area contributed by atoms with Crippen molar-refractivity contribution in [1.82, 2.24) is 14.7 Å². The van der Waals surface area contributed by atoms with Crippen LogP contribution in [0.4, 0.5) is 0 Å². The molecule has 4 aliphatic rings. The number of rotatable bonds is 3. The minimum Gasteiger partial charge on any atom is -0.343 e. The first kappa shape index (κ1) is 18.2. The molecule has 4 atom stereocenters. The summed E-state index contributed by atoms with van der Waals surface area (Å²) in [7, 11) is 2.13. The molecule has 27 heavy (non-hydrogen) atoms. The van der Waals surface area contributed by atoms with E-state index >= 15 is 0 Å². The standard InChI is InChI=1S/C22H29N3O2/c1-5-24(6-2)22(27)16-10-18-17-8-7-9-19-21(17)15(13-25(19)14(3)26)11-20(18)23(4)12-16/h7-10,13,16-17,20-21H,5-6,11-12H2,1-4H3. The minimum atomic E-state index is -0.0836. The van der Waals surface area contributed by atoms with Gasteiger partial charge in [-0.1, -0.05) is 18.2 Å². The van der Waals surface area contributed by atoms with Gasteiger partial charge in [0.15, 0.2) is 0 Å². The van der Waals surface area contributed by atoms with Crippen molar-refractivity contribution in [2.45, 2.75) is 33.2 Å². The SMILES string of the molecule is CCN(CC)C(=O)C1C=C2C3C=CC=C4C3C(=CN4C(C)=O)CC2N(C)C1. The number of carbonyl (C=O) groups excluding carboxylic acids is 2. The Bertz CT molecular complexity index is 787. The quantitative estimate of drug-likeness (QED) is 0.720. The number of allylic oxidation sites excluding steroid dienone is 4. The summed E-state index contributed by atoms with van der Waals surface area (Å²) in [6.45, 7) is 7.97. The zero-order valence-electron chi connectivity index (χ0n) is 16.7. The van der Waals surface area contributed by atoms with Crippen LogP contribution in [0, 0.1) is 17.8 Å². The van der Waals surface area contributed by atoms with Crippen LogP contribution in [0.3, 0.4) is 0 Å². The third-order valence-electron chi connectivity index (χ3n) is 6.58. The second kappa shape index (κ2) is 6.79. The monoisotopic (exact) mass is 367 g/mol. The molecular weight excluding hydrogens is 338 g/mol. The van der Waals surface area contributed by atoms with Gasteiger partial charge in [0.2, 0.25) is 11.8 Å². The predicted octanol–water partition coefficient (Wildman–Crippen LogP) is 2.55. The zero-order valence-corrected chi connectivity index (χ0v) is 16.7. The highest BCUT2D eigenvalue weighted by Gasteiger charge is 2.47. The largest absolute Gasteiger partial charge is 0.343 e. The van der Waals surface area contributed by atoms with Crippen molar-refractivity contribution in [1.29, 1.82) is 0 Å². The molecule has 0 spiro atoms. The van der Waals surface area contributed by atoms with E-state index in [1.165, 1.54) is 11.1 Å². The molecule has 2 aliphatic carbocycles. The highest BCUT2D eigenvalue weighted by molar-refractivity contribution is 5.81. The number of likely N-dealkylation sites (N-methyl/N-ethyl adjacent to an activating group) is 1. The molecule has 0 aromatic rings. The van der Waals surface area contributed by atoms with Gasteiger partial charge in [-0.3, -0.25) is 19.4 Å². The number of fused-ring (bicyclic) bond motifs is 2. The Morgan fingerprint density at radius 3 is 2.67 bits per heavy atom. The van der Waals surface area contributed by atoms with Crippen LogP contribution < -0.4 is 0 Å². The summed E-state index contributed by atoms with van der Waals surface area (Å²) in [5, 5.41) is 0. The molecule has 0 aromatic heterocycles. The lowest BCUT2D eigenvalue weighted by molar-refractivity contribution is -0.134. The Labute approximate surface area is 161 Å².